The summed E-state index contributed by atoms with van der Waals surface area (Å²) >= 11 is 0. The van der Waals surface area contributed by atoms with E-state index in [-0.39, 0.29) is 23.9 Å². The van der Waals surface area contributed by atoms with Gasteiger partial charge in [0.25, 0.3) is 0 Å². The average Bonchev–Trinajstić information content (AvgIpc) is 0.811. The molecule has 3 nitrogen and oxygen atoms in total. The molecule has 0 spiro atoms. The van der Waals surface area contributed by atoms with Gasteiger partial charge in [-0.1, -0.05) is 0 Å². The van der Waals surface area contributed by atoms with Gasteiger partial charge in [0.05, 0.1) is 0 Å². The van der Waals surface area contributed by atoms with Crippen LogP contribution in [0.15, 0.2) is 0 Å². The van der Waals surface area contributed by atoms with Crippen molar-refractivity contribution in [3.63, 3.8) is 0 Å². The van der Waals surface area contributed by atoms with Crippen LogP contribution in [-0.4, -0.2) is 46.3 Å². The van der Waals surface area contributed by atoms with Gasteiger partial charge in [0, 0.05) is 23.9 Å². The van der Waals surface area contributed by atoms with Crippen LogP contribution in [0, 0.1) is 0 Å². The van der Waals surface area contributed by atoms with Gasteiger partial charge in [0.2, 0.25) is 0 Å². The molecule has 0 aromatic heterocycles. The molecule has 0 aromatic rings. The van der Waals surface area contributed by atoms with Crippen LogP contribution < -0.4 is 0 Å². The van der Waals surface area contributed by atoms with Crippen LogP contribution >= 0.6 is 0 Å². The molecule has 0 saturated heterocycles. The summed E-state index contributed by atoms with van der Waals surface area (Å²) in [6, 6.07) is 0. The topological polar surface area (TPSA) is 60.7 Å². The van der Waals surface area contributed by atoms with Crippen LogP contribution in [0.1, 0.15) is 0 Å². The fourth-order valence-corrected chi connectivity index (χ4v) is 0. The number of hydrogen-bond acceptors (Lipinski definition) is 3. The smallest absolute Gasteiger partial charge is 0.402 e. The first kappa shape index (κ1) is 9.22. The van der Waals surface area contributed by atoms with Gasteiger partial charge in [-0.2, -0.15) is 0 Å². The van der Waals surface area contributed by atoms with Gasteiger partial charge in [-0.05, 0) is 0 Å². The fourth-order valence-electron chi connectivity index (χ4n) is 0. The van der Waals surface area contributed by atoms with Gasteiger partial charge >= 0.3 is 7.32 Å². The first-order valence-corrected chi connectivity index (χ1v) is 0.775. The van der Waals surface area contributed by atoms with E-state index < -0.39 is 7.32 Å². The van der Waals surface area contributed by atoms with Gasteiger partial charge in [0.15, 0.2) is 0 Å². The van der Waals surface area contributed by atoms with Crippen molar-refractivity contribution >= 4 is 31.2 Å². The van der Waals surface area contributed by atoms with Crippen molar-refractivity contribution in [2.45, 2.75) is 0 Å². The van der Waals surface area contributed by atoms with E-state index in [0.717, 1.165) is 0 Å². The molecule has 0 aliphatic carbocycles. The van der Waals surface area contributed by atoms with Crippen molar-refractivity contribution in [3.05, 3.63) is 0 Å². The molecule has 5 heteroatoms. The predicted molar refractivity (Wildman–Crippen MR) is 18.2 cm³/mol. The standard InChI is InChI=1S/BH3O3.Sn/c2-1(3)4;/h2-4H;. The molecule has 28 valence electrons. The Morgan fingerprint density at radius 1 is 1.00 bits per heavy atom. The second kappa shape index (κ2) is 4.74. The Morgan fingerprint density at radius 3 is 1.00 bits per heavy atom. The second-order valence-corrected chi connectivity index (χ2v) is 0.346. The van der Waals surface area contributed by atoms with Crippen LogP contribution in [0.4, 0.5) is 0 Å². The summed E-state index contributed by atoms with van der Waals surface area (Å²) in [5.41, 5.74) is 0. The fraction of sp³-hybridized carbons (Fsp3) is 0. The van der Waals surface area contributed by atoms with Gasteiger partial charge < -0.3 is 15.1 Å². The normalized spacial score (nSPS) is 5.40. The monoisotopic (exact) mass is 182 g/mol. The number of hydrogen-bond donors (Lipinski definition) is 3. The van der Waals surface area contributed by atoms with Crippen molar-refractivity contribution in [3.8, 4) is 0 Å². The van der Waals surface area contributed by atoms with Gasteiger partial charge in [-0.3, -0.25) is 0 Å². The van der Waals surface area contributed by atoms with Crippen LogP contribution in [0.25, 0.3) is 0 Å². The van der Waals surface area contributed by atoms with Crippen LogP contribution in [-0.2, 0) is 0 Å². The molecule has 0 fully saturated rings. The van der Waals surface area contributed by atoms with Crippen LogP contribution in [0.5, 0.6) is 0 Å². The molecule has 0 aliphatic rings. The quantitative estimate of drug-likeness (QED) is 0.363. The van der Waals surface area contributed by atoms with Gasteiger partial charge in [-0.25, -0.2) is 0 Å². The Kier molecular flexibility index (Phi) is 8.75. The van der Waals surface area contributed by atoms with Crippen molar-refractivity contribution in [1.82, 2.24) is 0 Å². The third-order valence-corrected chi connectivity index (χ3v) is 0. The third-order valence-electron chi connectivity index (χ3n) is 0. The molecular weight excluding hydrogens is 178 g/mol. The van der Waals surface area contributed by atoms with E-state index >= 15 is 0 Å². The summed E-state index contributed by atoms with van der Waals surface area (Å²) in [5.74, 6) is 0. The Labute approximate surface area is 46.8 Å². The molecule has 0 atom stereocenters. The Hall–Kier alpha value is 0.744. The van der Waals surface area contributed by atoms with Crippen LogP contribution in [0.3, 0.4) is 0 Å². The molecule has 0 bridgehead atoms. The van der Waals surface area contributed by atoms with E-state index in [1.165, 1.54) is 0 Å². The molecule has 0 aromatic carbocycles. The molecule has 0 amide bonds. The largest absolute Gasteiger partial charge is 0.631 e. The molecule has 4 radical (unpaired) electrons. The molecule has 0 aliphatic heterocycles. The van der Waals surface area contributed by atoms with Crippen molar-refractivity contribution < 1.29 is 15.1 Å². The van der Waals surface area contributed by atoms with E-state index in [1.807, 2.05) is 0 Å². The maximum Gasteiger partial charge on any atom is 0.631 e. The summed E-state index contributed by atoms with van der Waals surface area (Å²) in [6.07, 6.45) is 0. The first-order valence-electron chi connectivity index (χ1n) is 0.775. The average molecular weight is 181 g/mol. The zero-order valence-corrected chi connectivity index (χ0v) is 5.27. The molecule has 5 heavy (non-hydrogen) atoms. The minimum absolute atomic E-state index is 0. The summed E-state index contributed by atoms with van der Waals surface area (Å²) < 4.78 is 0. The summed E-state index contributed by atoms with van der Waals surface area (Å²) in [6.45, 7) is 0. The van der Waals surface area contributed by atoms with Crippen molar-refractivity contribution in [1.29, 1.82) is 0 Å². The summed E-state index contributed by atoms with van der Waals surface area (Å²) in [4.78, 5) is 0. The predicted octanol–water partition coefficient (Wildman–Crippen LogP) is -2.43. The third kappa shape index (κ3) is 64.6. The molecule has 0 rings (SSSR count). The Morgan fingerprint density at radius 2 is 1.00 bits per heavy atom. The van der Waals surface area contributed by atoms with Crippen molar-refractivity contribution in [2.24, 2.45) is 0 Å². The summed E-state index contributed by atoms with van der Waals surface area (Å²) in [5, 5.41) is 21.5. The van der Waals surface area contributed by atoms with Crippen molar-refractivity contribution in [2.75, 3.05) is 0 Å². The second-order valence-electron chi connectivity index (χ2n) is 0.346. The Balaban J connectivity index is 0. The molecule has 0 unspecified atom stereocenters. The van der Waals surface area contributed by atoms with Gasteiger partial charge in [-0.15, -0.1) is 0 Å². The maximum absolute atomic E-state index is 7.17. The van der Waals surface area contributed by atoms with Crippen LogP contribution in [0.2, 0.25) is 0 Å². The molecule has 0 saturated carbocycles. The van der Waals surface area contributed by atoms with E-state index in [0.29, 0.717) is 0 Å². The van der Waals surface area contributed by atoms with E-state index in [4.69, 9.17) is 15.1 Å². The first-order chi connectivity index (χ1) is 1.73. The zero-order chi connectivity index (χ0) is 3.58. The van der Waals surface area contributed by atoms with E-state index in [9.17, 15) is 0 Å². The van der Waals surface area contributed by atoms with E-state index in [2.05, 4.69) is 0 Å². The molecular formula is H3BO3Sn. The minimum atomic E-state index is -2.17. The summed E-state index contributed by atoms with van der Waals surface area (Å²) in [7, 11) is -2.17. The molecule has 0 heterocycles. The Bertz CT molecular complexity index is 11.6. The molecule has 3 N–H and O–H groups in total. The zero-order valence-electron chi connectivity index (χ0n) is 2.42. The van der Waals surface area contributed by atoms with Gasteiger partial charge in [0.1, 0.15) is 0 Å². The van der Waals surface area contributed by atoms with E-state index in [1.54, 1.807) is 0 Å². The minimum Gasteiger partial charge on any atom is -0.402 e. The maximum atomic E-state index is 7.17. The SMILES string of the molecule is OB(O)O.[Sn]. The number of rotatable bonds is 0.